The van der Waals surface area contributed by atoms with E-state index >= 15 is 0 Å². The summed E-state index contributed by atoms with van der Waals surface area (Å²) in [6, 6.07) is 4.13. The average molecular weight is 256 g/mol. The van der Waals surface area contributed by atoms with Crippen LogP contribution in [0.3, 0.4) is 0 Å². The first-order valence-corrected chi connectivity index (χ1v) is 6.71. The van der Waals surface area contributed by atoms with E-state index in [0.29, 0.717) is 12.1 Å². The number of nitrogens with two attached hydrogens (primary N) is 1. The van der Waals surface area contributed by atoms with Crippen molar-refractivity contribution in [1.29, 1.82) is 0 Å². The molecule has 0 unspecified atom stereocenters. The molecule has 0 bridgehead atoms. The van der Waals surface area contributed by atoms with Crippen LogP contribution >= 0.6 is 11.8 Å². The Morgan fingerprint density at radius 3 is 2.94 bits per heavy atom. The van der Waals surface area contributed by atoms with Gasteiger partial charge in [-0.15, -0.1) is 0 Å². The highest BCUT2D eigenvalue weighted by molar-refractivity contribution is 7.99. The van der Waals surface area contributed by atoms with Crippen molar-refractivity contribution in [3.8, 4) is 0 Å². The van der Waals surface area contributed by atoms with Crippen LogP contribution in [-0.4, -0.2) is 17.4 Å². The van der Waals surface area contributed by atoms with E-state index in [4.69, 9.17) is 5.73 Å². The van der Waals surface area contributed by atoms with Crippen molar-refractivity contribution in [2.24, 2.45) is 0 Å². The van der Waals surface area contributed by atoms with Gasteiger partial charge >= 0.3 is 0 Å². The lowest BCUT2D eigenvalue weighted by Crippen LogP contribution is -2.13. The molecule has 1 amide bonds. The lowest BCUT2D eigenvalue weighted by Gasteiger charge is -2.07. The van der Waals surface area contributed by atoms with Gasteiger partial charge in [0.15, 0.2) is 0 Å². The van der Waals surface area contributed by atoms with Crippen molar-refractivity contribution in [2.45, 2.75) is 19.8 Å². The first kappa shape index (κ1) is 13.8. The van der Waals surface area contributed by atoms with E-state index in [-0.39, 0.29) is 11.6 Å². The number of thioether (sulfide) groups is 1. The quantitative estimate of drug-likeness (QED) is 0.608. The molecule has 0 aliphatic carbocycles. The molecule has 3 nitrogen and oxygen atoms in total. The van der Waals surface area contributed by atoms with E-state index in [1.807, 2.05) is 0 Å². The third-order valence-electron chi connectivity index (χ3n) is 2.09. The number of benzene rings is 1. The van der Waals surface area contributed by atoms with Crippen molar-refractivity contribution >= 4 is 29.0 Å². The maximum atomic E-state index is 13.3. The third kappa shape index (κ3) is 5.08. The molecule has 5 heteroatoms. The number of nitrogen functional groups attached to an aromatic ring is 1. The standard InChI is InChI=1S/C12H17FN2OS/c1-2-6-17-7-5-12(16)15-11-8-9(14)3-4-10(11)13/h3-4,8H,2,5-7,14H2,1H3,(H,15,16). The zero-order valence-corrected chi connectivity index (χ0v) is 10.6. The molecular weight excluding hydrogens is 239 g/mol. The van der Waals surface area contributed by atoms with Gasteiger partial charge in [-0.25, -0.2) is 4.39 Å². The maximum absolute atomic E-state index is 13.3. The van der Waals surface area contributed by atoms with Gasteiger partial charge in [-0.05, 0) is 30.4 Å². The summed E-state index contributed by atoms with van der Waals surface area (Å²) in [4.78, 5) is 11.5. The summed E-state index contributed by atoms with van der Waals surface area (Å²) in [5.74, 6) is 1.15. The van der Waals surface area contributed by atoms with E-state index in [0.717, 1.165) is 17.9 Å². The summed E-state index contributed by atoms with van der Waals surface area (Å²) in [6.07, 6.45) is 1.48. The average Bonchev–Trinajstić information content (AvgIpc) is 2.29. The lowest BCUT2D eigenvalue weighted by atomic mass is 10.2. The Balaban J connectivity index is 2.42. The van der Waals surface area contributed by atoms with Crippen molar-refractivity contribution in [3.63, 3.8) is 0 Å². The predicted molar refractivity (Wildman–Crippen MR) is 71.7 cm³/mol. The lowest BCUT2D eigenvalue weighted by molar-refractivity contribution is -0.115. The van der Waals surface area contributed by atoms with Gasteiger partial charge in [0, 0.05) is 17.9 Å². The van der Waals surface area contributed by atoms with Crippen LogP contribution in [0.4, 0.5) is 15.8 Å². The summed E-state index contributed by atoms with van der Waals surface area (Å²) in [5.41, 5.74) is 6.10. The van der Waals surface area contributed by atoms with Crippen LogP contribution < -0.4 is 11.1 Å². The van der Waals surface area contributed by atoms with Crippen molar-refractivity contribution in [1.82, 2.24) is 0 Å². The Labute approximate surface area is 105 Å². The highest BCUT2D eigenvalue weighted by Crippen LogP contribution is 2.17. The molecule has 94 valence electrons. The SMILES string of the molecule is CCCSCCC(=O)Nc1cc(N)ccc1F. The predicted octanol–water partition coefficient (Wildman–Crippen LogP) is 2.88. The largest absolute Gasteiger partial charge is 0.399 e. The number of hydrogen-bond donors (Lipinski definition) is 2. The number of rotatable bonds is 6. The Kier molecular flexibility index (Phi) is 5.83. The highest BCUT2D eigenvalue weighted by atomic mass is 32.2. The molecule has 0 saturated heterocycles. The second-order valence-electron chi connectivity index (χ2n) is 3.65. The third-order valence-corrected chi connectivity index (χ3v) is 3.28. The number of carbonyl (C=O) groups is 1. The molecule has 0 fully saturated rings. The summed E-state index contributed by atoms with van der Waals surface area (Å²) >= 11 is 1.72. The molecule has 0 radical (unpaired) electrons. The minimum Gasteiger partial charge on any atom is -0.399 e. The Hall–Kier alpha value is -1.23. The monoisotopic (exact) mass is 256 g/mol. The highest BCUT2D eigenvalue weighted by Gasteiger charge is 2.07. The molecule has 0 saturated carbocycles. The molecule has 0 aliphatic rings. The van der Waals surface area contributed by atoms with E-state index in [2.05, 4.69) is 12.2 Å². The number of halogens is 1. The van der Waals surface area contributed by atoms with Crippen molar-refractivity contribution < 1.29 is 9.18 Å². The van der Waals surface area contributed by atoms with Crippen LogP contribution in [0.15, 0.2) is 18.2 Å². The second kappa shape index (κ2) is 7.17. The first-order valence-electron chi connectivity index (χ1n) is 5.56. The fraction of sp³-hybridized carbons (Fsp3) is 0.417. The zero-order chi connectivity index (χ0) is 12.7. The Morgan fingerprint density at radius 2 is 2.24 bits per heavy atom. The molecule has 1 aromatic carbocycles. The van der Waals surface area contributed by atoms with Gasteiger partial charge in [-0.3, -0.25) is 4.79 Å². The van der Waals surface area contributed by atoms with Gasteiger partial charge < -0.3 is 11.1 Å². The smallest absolute Gasteiger partial charge is 0.225 e. The van der Waals surface area contributed by atoms with Gasteiger partial charge in [0.05, 0.1) is 5.69 Å². The van der Waals surface area contributed by atoms with Gasteiger partial charge in [0.1, 0.15) is 5.82 Å². The number of hydrogen-bond acceptors (Lipinski definition) is 3. The van der Waals surface area contributed by atoms with Crippen LogP contribution in [0, 0.1) is 5.82 Å². The molecule has 0 heterocycles. The second-order valence-corrected chi connectivity index (χ2v) is 4.87. The van der Waals surface area contributed by atoms with E-state index in [1.165, 1.54) is 18.2 Å². The van der Waals surface area contributed by atoms with Crippen LogP contribution in [0.5, 0.6) is 0 Å². The molecule has 0 aromatic heterocycles. The number of anilines is 2. The Morgan fingerprint density at radius 1 is 1.47 bits per heavy atom. The van der Waals surface area contributed by atoms with Crippen LogP contribution in [0.2, 0.25) is 0 Å². The summed E-state index contributed by atoms with van der Waals surface area (Å²) in [7, 11) is 0. The molecule has 0 atom stereocenters. The molecule has 1 aromatic rings. The molecule has 0 aliphatic heterocycles. The van der Waals surface area contributed by atoms with E-state index in [1.54, 1.807) is 11.8 Å². The van der Waals surface area contributed by atoms with Gasteiger partial charge in [0.25, 0.3) is 0 Å². The minimum absolute atomic E-state index is 0.149. The molecule has 3 N–H and O–H groups in total. The summed E-state index contributed by atoms with van der Waals surface area (Å²) in [6.45, 7) is 2.09. The maximum Gasteiger partial charge on any atom is 0.225 e. The van der Waals surface area contributed by atoms with E-state index in [9.17, 15) is 9.18 Å². The first-order chi connectivity index (χ1) is 8.13. The van der Waals surface area contributed by atoms with Crippen molar-refractivity contribution in [2.75, 3.05) is 22.6 Å². The van der Waals surface area contributed by atoms with Crippen LogP contribution in [-0.2, 0) is 4.79 Å². The Bertz CT molecular complexity index is 385. The van der Waals surface area contributed by atoms with Crippen molar-refractivity contribution in [3.05, 3.63) is 24.0 Å². The minimum atomic E-state index is -0.464. The fourth-order valence-electron chi connectivity index (χ4n) is 1.26. The number of nitrogens with one attached hydrogen (secondary N) is 1. The van der Waals surface area contributed by atoms with Crippen LogP contribution in [0.1, 0.15) is 19.8 Å². The molecule has 1 rings (SSSR count). The summed E-state index contributed by atoms with van der Waals surface area (Å²) < 4.78 is 13.3. The van der Waals surface area contributed by atoms with Gasteiger partial charge in [-0.2, -0.15) is 11.8 Å². The van der Waals surface area contributed by atoms with Gasteiger partial charge in [0.2, 0.25) is 5.91 Å². The topological polar surface area (TPSA) is 55.1 Å². The fourth-order valence-corrected chi connectivity index (χ4v) is 2.09. The zero-order valence-electron chi connectivity index (χ0n) is 9.83. The normalized spacial score (nSPS) is 10.2. The number of amides is 1. The molecular formula is C12H17FN2OS. The number of carbonyl (C=O) groups excluding carboxylic acids is 1. The van der Waals surface area contributed by atoms with Gasteiger partial charge in [-0.1, -0.05) is 6.92 Å². The summed E-state index contributed by atoms with van der Waals surface area (Å²) in [5, 5.41) is 2.52. The molecule has 17 heavy (non-hydrogen) atoms. The molecule has 0 spiro atoms. The van der Waals surface area contributed by atoms with Crippen LogP contribution in [0.25, 0.3) is 0 Å². The van der Waals surface area contributed by atoms with E-state index < -0.39 is 5.82 Å².